The zero-order valence-electron chi connectivity index (χ0n) is 9.22. The average molecular weight is 236 g/mol. The van der Waals surface area contributed by atoms with Crippen molar-refractivity contribution in [1.29, 1.82) is 0 Å². The maximum absolute atomic E-state index is 12.2. The van der Waals surface area contributed by atoms with E-state index in [1.807, 2.05) is 0 Å². The molecule has 3 heteroatoms. The zero-order valence-corrected chi connectivity index (χ0v) is 10.0. The smallest absolute Gasteiger partial charge is 0.169 e. The van der Waals surface area contributed by atoms with Gasteiger partial charge in [-0.1, -0.05) is 6.42 Å². The van der Waals surface area contributed by atoms with E-state index in [9.17, 15) is 4.79 Å². The van der Waals surface area contributed by atoms with Crippen LogP contribution in [0, 0.1) is 5.92 Å². The Balaban J connectivity index is 1.73. The Labute approximate surface area is 99.8 Å². The summed E-state index contributed by atoms with van der Waals surface area (Å²) in [6.45, 7) is 0. The monoisotopic (exact) mass is 236 g/mol. The Morgan fingerprint density at radius 3 is 2.69 bits per heavy atom. The number of carbonyl (C=O) groups is 1. The van der Waals surface area contributed by atoms with Gasteiger partial charge >= 0.3 is 0 Å². The van der Waals surface area contributed by atoms with Crippen molar-refractivity contribution in [2.75, 3.05) is 0 Å². The first kappa shape index (κ1) is 10.5. The number of ketones is 1. The third-order valence-corrected chi connectivity index (χ3v) is 5.33. The van der Waals surface area contributed by atoms with Crippen LogP contribution in [0.1, 0.15) is 42.5 Å². The highest BCUT2D eigenvalue weighted by Gasteiger charge is 2.35. The number of carbonyl (C=O) groups excluding carboxylic acids is 1. The predicted octanol–water partition coefficient (Wildman–Crippen LogP) is 3.53. The fourth-order valence-electron chi connectivity index (χ4n) is 2.91. The van der Waals surface area contributed by atoms with E-state index in [1.54, 1.807) is 18.6 Å². The van der Waals surface area contributed by atoms with Crippen molar-refractivity contribution in [2.24, 2.45) is 5.92 Å². The summed E-state index contributed by atoms with van der Waals surface area (Å²) in [7, 11) is 0. The summed E-state index contributed by atoms with van der Waals surface area (Å²) in [6, 6.07) is 1.79. The number of Topliss-reactive ketones (excluding diaryl/α,β-unsaturated/α-hetero) is 1. The van der Waals surface area contributed by atoms with Gasteiger partial charge in [0.15, 0.2) is 5.78 Å². The van der Waals surface area contributed by atoms with Gasteiger partial charge in [-0.15, -0.1) is 0 Å². The van der Waals surface area contributed by atoms with Gasteiger partial charge in [0.2, 0.25) is 0 Å². The summed E-state index contributed by atoms with van der Waals surface area (Å²) in [4.78, 5) is 12.2. The average Bonchev–Trinajstić information content (AvgIpc) is 2.81. The van der Waals surface area contributed by atoms with Gasteiger partial charge in [-0.25, -0.2) is 0 Å². The van der Waals surface area contributed by atoms with E-state index in [0.717, 1.165) is 28.9 Å². The van der Waals surface area contributed by atoms with Crippen LogP contribution in [0.4, 0.5) is 0 Å². The Kier molecular flexibility index (Phi) is 2.80. The topological polar surface area (TPSA) is 30.2 Å². The second-order valence-corrected chi connectivity index (χ2v) is 6.46. The first-order valence-corrected chi connectivity index (χ1v) is 6.99. The Morgan fingerprint density at radius 1 is 1.31 bits per heavy atom. The molecule has 1 aromatic heterocycles. The van der Waals surface area contributed by atoms with Crippen LogP contribution in [0.3, 0.4) is 0 Å². The quantitative estimate of drug-likeness (QED) is 0.736. The van der Waals surface area contributed by atoms with Gasteiger partial charge in [0.05, 0.1) is 11.8 Å². The summed E-state index contributed by atoms with van der Waals surface area (Å²) in [5, 5.41) is 1.46. The maximum atomic E-state index is 12.2. The van der Waals surface area contributed by atoms with Crippen LogP contribution in [-0.4, -0.2) is 16.3 Å². The van der Waals surface area contributed by atoms with Gasteiger partial charge in [-0.2, -0.15) is 11.8 Å². The third-order valence-electron chi connectivity index (χ3n) is 3.71. The van der Waals surface area contributed by atoms with Gasteiger partial charge in [-0.05, 0) is 31.7 Å². The molecule has 3 heterocycles. The van der Waals surface area contributed by atoms with E-state index in [0.29, 0.717) is 5.78 Å². The molecular weight excluding hydrogens is 220 g/mol. The lowest BCUT2D eigenvalue weighted by atomic mass is 9.85. The first-order chi connectivity index (χ1) is 7.83. The van der Waals surface area contributed by atoms with Gasteiger partial charge < -0.3 is 4.42 Å². The molecule has 2 aliphatic rings. The van der Waals surface area contributed by atoms with Gasteiger partial charge in [0.1, 0.15) is 6.26 Å². The molecule has 0 saturated carbocycles. The minimum absolute atomic E-state index is 0.245. The van der Waals surface area contributed by atoms with Crippen LogP contribution in [-0.2, 0) is 0 Å². The Hall–Kier alpha value is -0.700. The highest BCUT2D eigenvalue weighted by atomic mass is 32.2. The van der Waals surface area contributed by atoms with E-state index < -0.39 is 0 Å². The van der Waals surface area contributed by atoms with Crippen LogP contribution in [0.25, 0.3) is 0 Å². The van der Waals surface area contributed by atoms with E-state index in [2.05, 4.69) is 11.8 Å². The lowest BCUT2D eigenvalue weighted by Crippen LogP contribution is -2.32. The molecule has 2 unspecified atom stereocenters. The number of hydrogen-bond acceptors (Lipinski definition) is 3. The molecule has 2 aliphatic heterocycles. The van der Waals surface area contributed by atoms with E-state index in [-0.39, 0.29) is 5.92 Å². The van der Waals surface area contributed by atoms with Crippen LogP contribution in [0.5, 0.6) is 0 Å². The molecule has 1 aromatic rings. The number of rotatable bonds is 2. The number of thioether (sulfide) groups is 1. The van der Waals surface area contributed by atoms with Crippen LogP contribution >= 0.6 is 11.8 Å². The predicted molar refractivity (Wildman–Crippen MR) is 64.8 cm³/mol. The molecule has 0 aliphatic carbocycles. The van der Waals surface area contributed by atoms with Crippen LogP contribution in [0.2, 0.25) is 0 Å². The zero-order chi connectivity index (χ0) is 11.0. The maximum Gasteiger partial charge on any atom is 0.169 e. The second kappa shape index (κ2) is 4.28. The standard InChI is InChI=1S/C13H16O2S/c14-13(9-4-5-15-8-9)10-6-11-2-1-3-12(7-10)16-11/h4-5,8,10-12H,1-3,6-7H2. The first-order valence-electron chi connectivity index (χ1n) is 6.05. The summed E-state index contributed by atoms with van der Waals surface area (Å²) < 4.78 is 4.99. The summed E-state index contributed by atoms with van der Waals surface area (Å²) in [5.74, 6) is 0.542. The summed E-state index contributed by atoms with van der Waals surface area (Å²) in [5.41, 5.74) is 0.759. The molecule has 2 fully saturated rings. The minimum atomic E-state index is 0.245. The SMILES string of the molecule is O=C(c1ccoc1)C1CC2CCCC(C1)S2. The molecule has 0 radical (unpaired) electrons. The van der Waals surface area contributed by atoms with Crippen molar-refractivity contribution in [3.63, 3.8) is 0 Å². The molecule has 0 spiro atoms. The third kappa shape index (κ3) is 1.93. The largest absolute Gasteiger partial charge is 0.472 e. The van der Waals surface area contributed by atoms with Crippen molar-refractivity contribution in [1.82, 2.24) is 0 Å². The summed E-state index contributed by atoms with van der Waals surface area (Å²) >= 11 is 2.12. The molecule has 2 saturated heterocycles. The van der Waals surface area contributed by atoms with Gasteiger partial charge in [-0.3, -0.25) is 4.79 Å². The molecule has 0 N–H and O–H groups in total. The molecule has 3 rings (SSSR count). The molecule has 86 valence electrons. The number of furan rings is 1. The molecule has 0 amide bonds. The van der Waals surface area contributed by atoms with Crippen molar-refractivity contribution >= 4 is 17.5 Å². The highest BCUT2D eigenvalue weighted by Crippen LogP contribution is 2.44. The fraction of sp³-hybridized carbons (Fsp3) is 0.615. The fourth-order valence-corrected chi connectivity index (χ4v) is 4.75. The molecular formula is C13H16O2S. The van der Waals surface area contributed by atoms with Crippen LogP contribution < -0.4 is 0 Å². The number of fused-ring (bicyclic) bond motifs is 2. The minimum Gasteiger partial charge on any atom is -0.472 e. The van der Waals surface area contributed by atoms with E-state index >= 15 is 0 Å². The van der Waals surface area contributed by atoms with Crippen molar-refractivity contribution < 1.29 is 9.21 Å². The van der Waals surface area contributed by atoms with Gasteiger partial charge in [0.25, 0.3) is 0 Å². The lowest BCUT2D eigenvalue weighted by Gasteiger charge is -2.37. The normalized spacial score (nSPS) is 33.6. The molecule has 2 nitrogen and oxygen atoms in total. The lowest BCUT2D eigenvalue weighted by molar-refractivity contribution is 0.0896. The molecule has 2 atom stereocenters. The van der Waals surface area contributed by atoms with E-state index in [4.69, 9.17) is 4.42 Å². The number of hydrogen-bond donors (Lipinski definition) is 0. The van der Waals surface area contributed by atoms with Crippen molar-refractivity contribution in [3.05, 3.63) is 24.2 Å². The molecule has 0 aromatic carbocycles. The molecule has 16 heavy (non-hydrogen) atoms. The van der Waals surface area contributed by atoms with Crippen molar-refractivity contribution in [2.45, 2.75) is 42.6 Å². The second-order valence-electron chi connectivity index (χ2n) is 4.86. The Bertz CT molecular complexity index is 359. The highest BCUT2D eigenvalue weighted by molar-refractivity contribution is 8.00. The van der Waals surface area contributed by atoms with Gasteiger partial charge in [0, 0.05) is 16.4 Å². The van der Waals surface area contributed by atoms with Crippen molar-refractivity contribution in [3.8, 4) is 0 Å². The van der Waals surface area contributed by atoms with Crippen LogP contribution in [0.15, 0.2) is 23.0 Å². The molecule has 2 bridgehead atoms. The van der Waals surface area contributed by atoms with E-state index in [1.165, 1.54) is 19.3 Å². The summed E-state index contributed by atoms with van der Waals surface area (Å²) in [6.07, 6.45) is 9.28. The Morgan fingerprint density at radius 2 is 2.06 bits per heavy atom.